The highest BCUT2D eigenvalue weighted by Gasteiger charge is 2.08. The third kappa shape index (κ3) is 4.66. The van der Waals surface area contributed by atoms with Crippen molar-refractivity contribution in [3.05, 3.63) is 58.1 Å². The summed E-state index contributed by atoms with van der Waals surface area (Å²) in [6.07, 6.45) is 0.169. The number of anilines is 2. The van der Waals surface area contributed by atoms with Crippen LogP contribution in [0.4, 0.5) is 20.2 Å². The fourth-order valence-corrected chi connectivity index (χ4v) is 2.63. The summed E-state index contributed by atoms with van der Waals surface area (Å²) in [6.45, 7) is 4.26. The molecule has 6 heteroatoms. The molecule has 0 saturated carbocycles. The molecule has 1 amide bonds. The first-order valence-electron chi connectivity index (χ1n) is 7.12. The molecule has 0 unspecified atom stereocenters. The zero-order valence-electron chi connectivity index (χ0n) is 12.8. The lowest BCUT2D eigenvalue weighted by atomic mass is 10.1. The van der Waals surface area contributed by atoms with Gasteiger partial charge in [0.05, 0.1) is 10.7 Å². The van der Waals surface area contributed by atoms with E-state index in [1.54, 1.807) is 0 Å². The molecule has 0 aliphatic heterocycles. The first kappa shape index (κ1) is 17.2. The molecule has 2 rings (SSSR count). The quantitative estimate of drug-likeness (QED) is 0.831. The molecule has 122 valence electrons. The number of rotatable bonds is 5. The Hall–Kier alpha value is -2.14. The van der Waals surface area contributed by atoms with Crippen molar-refractivity contribution in [1.29, 1.82) is 0 Å². The minimum atomic E-state index is -0.997. The molecule has 23 heavy (non-hydrogen) atoms. The molecule has 2 aromatic rings. The number of carbonyl (C=O) groups is 1. The number of hydrogen-bond donors (Lipinski definition) is 2. The fourth-order valence-electron chi connectivity index (χ4n) is 2.24. The summed E-state index contributed by atoms with van der Waals surface area (Å²) in [5.74, 6) is -2.25. The monoisotopic (exact) mass is 338 g/mol. The first-order chi connectivity index (χ1) is 10.9. The summed E-state index contributed by atoms with van der Waals surface area (Å²) in [5.41, 5.74) is 3.07. The van der Waals surface area contributed by atoms with Gasteiger partial charge in [0.1, 0.15) is 0 Å². The lowest BCUT2D eigenvalue weighted by Gasteiger charge is -2.12. The van der Waals surface area contributed by atoms with Gasteiger partial charge < -0.3 is 10.6 Å². The molecule has 3 nitrogen and oxygen atoms in total. The van der Waals surface area contributed by atoms with Crippen LogP contribution in [0.25, 0.3) is 0 Å². The Kier molecular flexibility index (Phi) is 5.55. The minimum Gasteiger partial charge on any atom is -0.383 e. The van der Waals surface area contributed by atoms with Crippen LogP contribution in [0.2, 0.25) is 5.02 Å². The zero-order valence-corrected chi connectivity index (χ0v) is 13.6. The van der Waals surface area contributed by atoms with E-state index in [0.717, 1.165) is 28.9 Å². The molecule has 0 aliphatic carbocycles. The van der Waals surface area contributed by atoms with Gasteiger partial charge in [0.25, 0.3) is 0 Å². The van der Waals surface area contributed by atoms with Crippen LogP contribution in [-0.2, 0) is 4.79 Å². The maximum atomic E-state index is 13.1. The maximum absolute atomic E-state index is 13.1. The smallest absolute Gasteiger partial charge is 0.226 e. The summed E-state index contributed by atoms with van der Waals surface area (Å²) >= 11 is 6.17. The summed E-state index contributed by atoms with van der Waals surface area (Å²) in [4.78, 5) is 11.8. The molecule has 0 saturated heterocycles. The van der Waals surface area contributed by atoms with Gasteiger partial charge in [0.2, 0.25) is 5.91 Å². The topological polar surface area (TPSA) is 41.1 Å². The van der Waals surface area contributed by atoms with Crippen molar-refractivity contribution < 1.29 is 13.6 Å². The normalized spacial score (nSPS) is 10.5. The van der Waals surface area contributed by atoms with E-state index in [0.29, 0.717) is 11.6 Å². The maximum Gasteiger partial charge on any atom is 0.226 e. The van der Waals surface area contributed by atoms with E-state index in [1.165, 1.54) is 6.07 Å². The van der Waals surface area contributed by atoms with Gasteiger partial charge in [-0.1, -0.05) is 17.7 Å². The zero-order chi connectivity index (χ0) is 17.0. The SMILES string of the molecule is Cc1cc(C)c(NCCC(=O)Nc2ccc(F)c(F)c2)c(Cl)c1. The van der Waals surface area contributed by atoms with E-state index >= 15 is 0 Å². The molecule has 0 fully saturated rings. The van der Waals surface area contributed by atoms with Gasteiger partial charge in [-0.3, -0.25) is 4.79 Å². The Labute approximate surface area is 138 Å². The van der Waals surface area contributed by atoms with Crippen LogP contribution >= 0.6 is 11.6 Å². The van der Waals surface area contributed by atoms with Gasteiger partial charge in [0.15, 0.2) is 11.6 Å². The number of amides is 1. The molecule has 0 spiro atoms. The van der Waals surface area contributed by atoms with Gasteiger partial charge >= 0.3 is 0 Å². The Morgan fingerprint density at radius 2 is 1.87 bits per heavy atom. The van der Waals surface area contributed by atoms with E-state index in [2.05, 4.69) is 10.6 Å². The van der Waals surface area contributed by atoms with Crippen molar-refractivity contribution in [1.82, 2.24) is 0 Å². The number of benzene rings is 2. The van der Waals surface area contributed by atoms with Crippen LogP contribution in [0.3, 0.4) is 0 Å². The third-order valence-corrected chi connectivity index (χ3v) is 3.59. The largest absolute Gasteiger partial charge is 0.383 e. The molecule has 2 aromatic carbocycles. The predicted molar refractivity (Wildman–Crippen MR) is 89.0 cm³/mol. The highest BCUT2D eigenvalue weighted by molar-refractivity contribution is 6.33. The van der Waals surface area contributed by atoms with Gasteiger partial charge in [-0.05, 0) is 43.2 Å². The van der Waals surface area contributed by atoms with Crippen LogP contribution in [0.15, 0.2) is 30.3 Å². The second-order valence-corrected chi connectivity index (χ2v) is 5.70. The van der Waals surface area contributed by atoms with Crippen LogP contribution in [0.5, 0.6) is 0 Å². The number of nitrogens with one attached hydrogen (secondary N) is 2. The lowest BCUT2D eigenvalue weighted by molar-refractivity contribution is -0.115. The third-order valence-electron chi connectivity index (χ3n) is 3.29. The Balaban J connectivity index is 1.89. The van der Waals surface area contributed by atoms with Gasteiger partial charge in [0, 0.05) is 24.7 Å². The van der Waals surface area contributed by atoms with Crippen molar-refractivity contribution >= 4 is 28.9 Å². The molecular weight excluding hydrogens is 322 g/mol. The predicted octanol–water partition coefficient (Wildman–Crippen LogP) is 4.68. The number of hydrogen-bond acceptors (Lipinski definition) is 2. The molecular formula is C17H17ClF2N2O. The molecule has 0 aromatic heterocycles. The van der Waals surface area contributed by atoms with Crippen LogP contribution in [0.1, 0.15) is 17.5 Å². The molecule has 2 N–H and O–H groups in total. The first-order valence-corrected chi connectivity index (χ1v) is 7.50. The highest BCUT2D eigenvalue weighted by atomic mass is 35.5. The summed E-state index contributed by atoms with van der Waals surface area (Å²) in [5, 5.41) is 6.24. The van der Waals surface area contributed by atoms with E-state index in [-0.39, 0.29) is 18.0 Å². The minimum absolute atomic E-state index is 0.169. The van der Waals surface area contributed by atoms with Crippen LogP contribution in [-0.4, -0.2) is 12.5 Å². The van der Waals surface area contributed by atoms with Gasteiger partial charge in [-0.15, -0.1) is 0 Å². The Morgan fingerprint density at radius 1 is 1.13 bits per heavy atom. The summed E-state index contributed by atoms with van der Waals surface area (Å²) in [6, 6.07) is 7.07. The molecule has 0 atom stereocenters. The molecule has 0 radical (unpaired) electrons. The highest BCUT2D eigenvalue weighted by Crippen LogP contribution is 2.27. The van der Waals surface area contributed by atoms with Crippen molar-refractivity contribution in [3.8, 4) is 0 Å². The fraction of sp³-hybridized carbons (Fsp3) is 0.235. The number of carbonyl (C=O) groups excluding carboxylic acids is 1. The second-order valence-electron chi connectivity index (χ2n) is 5.29. The summed E-state index contributed by atoms with van der Waals surface area (Å²) < 4.78 is 25.9. The summed E-state index contributed by atoms with van der Waals surface area (Å²) in [7, 11) is 0. The van der Waals surface area contributed by atoms with E-state index < -0.39 is 11.6 Å². The van der Waals surface area contributed by atoms with E-state index in [9.17, 15) is 13.6 Å². The average Bonchev–Trinajstić information content (AvgIpc) is 2.45. The second kappa shape index (κ2) is 7.42. The van der Waals surface area contributed by atoms with Gasteiger partial charge in [-0.2, -0.15) is 0 Å². The van der Waals surface area contributed by atoms with Crippen LogP contribution in [0, 0.1) is 25.5 Å². The standard InChI is InChI=1S/C17H17ClF2N2O/c1-10-7-11(2)17(13(18)8-10)21-6-5-16(23)22-12-3-4-14(19)15(20)9-12/h3-4,7-9,21H,5-6H2,1-2H3,(H,22,23). The average molecular weight is 339 g/mol. The van der Waals surface area contributed by atoms with Crippen molar-refractivity contribution in [2.45, 2.75) is 20.3 Å². The number of aryl methyl sites for hydroxylation is 2. The van der Waals surface area contributed by atoms with E-state index in [4.69, 9.17) is 11.6 Å². The van der Waals surface area contributed by atoms with Crippen LogP contribution < -0.4 is 10.6 Å². The van der Waals surface area contributed by atoms with Crippen molar-refractivity contribution in [2.24, 2.45) is 0 Å². The van der Waals surface area contributed by atoms with E-state index in [1.807, 2.05) is 26.0 Å². The van der Waals surface area contributed by atoms with Crippen molar-refractivity contribution in [2.75, 3.05) is 17.2 Å². The molecule has 0 aliphatic rings. The number of halogens is 3. The Bertz CT molecular complexity index is 712. The van der Waals surface area contributed by atoms with Crippen molar-refractivity contribution in [3.63, 3.8) is 0 Å². The van der Waals surface area contributed by atoms with Gasteiger partial charge in [-0.25, -0.2) is 8.78 Å². The molecule has 0 heterocycles. The molecule has 0 bridgehead atoms. The lowest BCUT2D eigenvalue weighted by Crippen LogP contribution is -2.16. The Morgan fingerprint density at radius 3 is 2.52 bits per heavy atom.